The normalized spacial score (nSPS) is 18.0. The van der Waals surface area contributed by atoms with Crippen LogP contribution in [0, 0.1) is 11.3 Å². The van der Waals surface area contributed by atoms with Crippen molar-refractivity contribution in [3.05, 3.63) is 77.0 Å². The second-order valence-electron chi connectivity index (χ2n) is 9.82. The van der Waals surface area contributed by atoms with Crippen LogP contribution < -0.4 is 5.32 Å². The highest BCUT2D eigenvalue weighted by atomic mass is 16.1. The molecule has 0 spiro atoms. The van der Waals surface area contributed by atoms with Crippen molar-refractivity contribution in [3.63, 3.8) is 0 Å². The van der Waals surface area contributed by atoms with Gasteiger partial charge in [0.1, 0.15) is 0 Å². The molecule has 3 aromatic rings. The van der Waals surface area contributed by atoms with E-state index in [1.54, 1.807) is 6.08 Å². The van der Waals surface area contributed by atoms with E-state index in [2.05, 4.69) is 33.4 Å². The highest BCUT2D eigenvalue weighted by molar-refractivity contribution is 5.96. The monoisotopic (exact) mass is 452 g/mol. The van der Waals surface area contributed by atoms with Gasteiger partial charge in [0.25, 0.3) is 0 Å². The first-order valence-corrected chi connectivity index (χ1v) is 12.4. The molecule has 2 heterocycles. The number of aromatic nitrogens is 1. The summed E-state index contributed by atoms with van der Waals surface area (Å²) in [6, 6.07) is 16.5. The third-order valence-electron chi connectivity index (χ3n) is 7.57. The van der Waals surface area contributed by atoms with Crippen LogP contribution in [0.25, 0.3) is 17.0 Å². The lowest BCUT2D eigenvalue weighted by atomic mass is 9.79. The Morgan fingerprint density at radius 1 is 1.15 bits per heavy atom. The standard InChI is InChI=1S/C29H32N4O/c30-19-22-8-9-23-12-16-33(21-25(23)18-22)17-15-29(13-4-1-5-14-29)32-28(34)11-10-24-20-31-27-7-3-2-6-26(24)27/h2-3,6-11,18,20,31H,1,4-5,12-17,21H2,(H,32,34)/b11-10+. The molecule has 1 aromatic heterocycles. The van der Waals surface area contributed by atoms with Crippen LogP contribution in [-0.2, 0) is 17.8 Å². The zero-order chi connectivity index (χ0) is 23.4. The van der Waals surface area contributed by atoms with Crippen molar-refractivity contribution in [1.82, 2.24) is 15.2 Å². The number of carbonyl (C=O) groups is 1. The molecule has 2 N–H and O–H groups in total. The van der Waals surface area contributed by atoms with Gasteiger partial charge in [-0.05, 0) is 66.6 Å². The summed E-state index contributed by atoms with van der Waals surface area (Å²) in [6.07, 6.45) is 13.2. The number of nitrogens with one attached hydrogen (secondary N) is 2. The Bertz CT molecular complexity index is 1240. The number of hydrogen-bond donors (Lipinski definition) is 2. The lowest BCUT2D eigenvalue weighted by Crippen LogP contribution is -2.51. The van der Waals surface area contributed by atoms with Crippen molar-refractivity contribution in [2.24, 2.45) is 0 Å². The van der Waals surface area contributed by atoms with Gasteiger partial charge < -0.3 is 10.3 Å². The van der Waals surface area contributed by atoms with E-state index < -0.39 is 0 Å². The average Bonchev–Trinajstić information content (AvgIpc) is 3.29. The van der Waals surface area contributed by atoms with E-state index in [-0.39, 0.29) is 11.4 Å². The smallest absolute Gasteiger partial charge is 0.244 e. The molecule has 2 aromatic carbocycles. The fourth-order valence-corrected chi connectivity index (χ4v) is 5.61. The van der Waals surface area contributed by atoms with Gasteiger partial charge >= 0.3 is 0 Å². The fourth-order valence-electron chi connectivity index (χ4n) is 5.61. The van der Waals surface area contributed by atoms with E-state index >= 15 is 0 Å². The van der Waals surface area contributed by atoms with Crippen molar-refractivity contribution in [2.45, 2.75) is 57.0 Å². The quantitative estimate of drug-likeness (QED) is 0.497. The highest BCUT2D eigenvalue weighted by Gasteiger charge is 2.33. The second kappa shape index (κ2) is 9.87. The van der Waals surface area contributed by atoms with E-state index in [9.17, 15) is 10.1 Å². The first-order chi connectivity index (χ1) is 16.6. The van der Waals surface area contributed by atoms with E-state index in [0.29, 0.717) is 0 Å². The number of H-pyrrole nitrogens is 1. The lowest BCUT2D eigenvalue weighted by Gasteiger charge is -2.40. The molecule has 0 atom stereocenters. The number of amides is 1. The first-order valence-electron chi connectivity index (χ1n) is 12.4. The molecule has 0 saturated heterocycles. The molecule has 5 heteroatoms. The van der Waals surface area contributed by atoms with Gasteiger partial charge in [-0.2, -0.15) is 5.26 Å². The summed E-state index contributed by atoms with van der Waals surface area (Å²) < 4.78 is 0. The van der Waals surface area contributed by atoms with Gasteiger partial charge in [-0.25, -0.2) is 0 Å². The summed E-state index contributed by atoms with van der Waals surface area (Å²) >= 11 is 0. The van der Waals surface area contributed by atoms with Gasteiger partial charge in [-0.3, -0.25) is 9.69 Å². The molecule has 174 valence electrons. The van der Waals surface area contributed by atoms with Gasteiger partial charge in [-0.1, -0.05) is 43.5 Å². The summed E-state index contributed by atoms with van der Waals surface area (Å²) in [4.78, 5) is 18.7. The minimum absolute atomic E-state index is 0.00478. The number of rotatable bonds is 6. The Balaban J connectivity index is 1.24. The Hall–Kier alpha value is -3.36. The molecule has 5 nitrogen and oxygen atoms in total. The van der Waals surface area contributed by atoms with Crippen molar-refractivity contribution in [1.29, 1.82) is 5.26 Å². The van der Waals surface area contributed by atoms with Crippen LogP contribution in [0.3, 0.4) is 0 Å². The number of hydrogen-bond acceptors (Lipinski definition) is 3. The summed E-state index contributed by atoms with van der Waals surface area (Å²) in [5.74, 6) is -0.00478. The average molecular weight is 453 g/mol. The zero-order valence-corrected chi connectivity index (χ0v) is 19.6. The molecular formula is C29H32N4O. The number of benzene rings is 2. The number of nitrogens with zero attached hydrogens (tertiary/aromatic N) is 2. The minimum Gasteiger partial charge on any atom is -0.361 e. The van der Waals surface area contributed by atoms with Crippen molar-refractivity contribution < 1.29 is 4.79 Å². The molecule has 0 bridgehead atoms. The highest BCUT2D eigenvalue weighted by Crippen LogP contribution is 2.32. The summed E-state index contributed by atoms with van der Waals surface area (Å²) in [6.45, 7) is 2.88. The first kappa shape index (κ1) is 22.4. The van der Waals surface area contributed by atoms with Crippen LogP contribution >= 0.6 is 0 Å². The van der Waals surface area contributed by atoms with Crippen LogP contribution in [-0.4, -0.2) is 34.4 Å². The lowest BCUT2D eigenvalue weighted by molar-refractivity contribution is -0.118. The second-order valence-corrected chi connectivity index (χ2v) is 9.82. The molecule has 1 fully saturated rings. The van der Waals surface area contributed by atoms with Crippen LogP contribution in [0.4, 0.5) is 0 Å². The SMILES string of the molecule is N#Cc1ccc2c(c1)CN(CCC1(NC(=O)/C=C/c3c[nH]c4ccccc34)CCCCC1)CC2. The summed E-state index contributed by atoms with van der Waals surface area (Å²) in [5.41, 5.74) is 5.35. The third kappa shape index (κ3) is 4.93. The number of aromatic amines is 1. The summed E-state index contributed by atoms with van der Waals surface area (Å²) in [5, 5.41) is 13.8. The van der Waals surface area contributed by atoms with E-state index in [1.807, 2.05) is 42.6 Å². The Morgan fingerprint density at radius 3 is 2.85 bits per heavy atom. The third-order valence-corrected chi connectivity index (χ3v) is 7.57. The Labute approximate surface area is 201 Å². The maximum absolute atomic E-state index is 13.0. The van der Waals surface area contributed by atoms with Crippen LogP contribution in [0.2, 0.25) is 0 Å². The van der Waals surface area contributed by atoms with Crippen molar-refractivity contribution >= 4 is 22.9 Å². The minimum atomic E-state index is -0.130. The molecule has 2 aliphatic rings. The Kier molecular flexibility index (Phi) is 6.51. The Morgan fingerprint density at radius 2 is 2.00 bits per heavy atom. The molecule has 1 amide bonds. The van der Waals surface area contributed by atoms with Gasteiger partial charge in [0.2, 0.25) is 5.91 Å². The molecule has 0 unspecified atom stereocenters. The zero-order valence-electron chi connectivity index (χ0n) is 19.6. The molecule has 1 aliphatic heterocycles. The maximum atomic E-state index is 13.0. The molecule has 5 rings (SSSR count). The molecule has 0 radical (unpaired) electrons. The number of fused-ring (bicyclic) bond motifs is 2. The predicted octanol–water partition coefficient (Wildman–Crippen LogP) is 5.32. The van der Waals surface area contributed by atoms with Crippen molar-refractivity contribution in [3.8, 4) is 6.07 Å². The summed E-state index contributed by atoms with van der Waals surface area (Å²) in [7, 11) is 0. The van der Waals surface area contributed by atoms with E-state index in [1.165, 1.54) is 30.4 Å². The largest absolute Gasteiger partial charge is 0.361 e. The van der Waals surface area contributed by atoms with Gasteiger partial charge in [0.15, 0.2) is 0 Å². The predicted molar refractivity (Wildman–Crippen MR) is 136 cm³/mol. The number of carbonyl (C=O) groups excluding carboxylic acids is 1. The number of para-hydroxylation sites is 1. The van der Waals surface area contributed by atoms with E-state index in [4.69, 9.17) is 0 Å². The van der Waals surface area contributed by atoms with Crippen LogP contribution in [0.15, 0.2) is 54.7 Å². The fraction of sp³-hybridized carbons (Fsp3) is 0.379. The molecular weight excluding hydrogens is 420 g/mol. The molecule has 34 heavy (non-hydrogen) atoms. The maximum Gasteiger partial charge on any atom is 0.244 e. The topological polar surface area (TPSA) is 71.9 Å². The number of nitriles is 1. The van der Waals surface area contributed by atoms with E-state index in [0.717, 1.165) is 67.3 Å². The van der Waals surface area contributed by atoms with Gasteiger partial charge in [0, 0.05) is 48.3 Å². The van der Waals surface area contributed by atoms with Gasteiger partial charge in [0.05, 0.1) is 11.6 Å². The van der Waals surface area contributed by atoms with Crippen molar-refractivity contribution in [2.75, 3.05) is 13.1 Å². The molecule has 1 aliphatic carbocycles. The van der Waals surface area contributed by atoms with Crippen LogP contribution in [0.1, 0.15) is 60.8 Å². The van der Waals surface area contributed by atoms with Gasteiger partial charge in [-0.15, -0.1) is 0 Å². The van der Waals surface area contributed by atoms with Crippen LogP contribution in [0.5, 0.6) is 0 Å². The molecule has 1 saturated carbocycles.